The van der Waals surface area contributed by atoms with E-state index in [2.05, 4.69) is 0 Å². The first kappa shape index (κ1) is 21.9. The molecule has 0 saturated heterocycles. The summed E-state index contributed by atoms with van der Waals surface area (Å²) in [6.45, 7) is 0.140. The molecular formula is C25H24FNO4. The minimum Gasteiger partial charge on any atom is -0.503 e. The van der Waals surface area contributed by atoms with Gasteiger partial charge in [-0.15, -0.1) is 0 Å². The fourth-order valence-corrected chi connectivity index (χ4v) is 3.16. The number of para-hydroxylation sites is 1. The van der Waals surface area contributed by atoms with Gasteiger partial charge in [-0.2, -0.15) is 0 Å². The monoisotopic (exact) mass is 421 g/mol. The van der Waals surface area contributed by atoms with E-state index in [1.165, 1.54) is 26.5 Å². The molecule has 0 aromatic heterocycles. The summed E-state index contributed by atoms with van der Waals surface area (Å²) in [7, 11) is 4.57. The molecule has 0 heterocycles. The van der Waals surface area contributed by atoms with Crippen LogP contribution in [0.1, 0.15) is 11.1 Å². The maximum Gasteiger partial charge on any atom is 0.341 e. The van der Waals surface area contributed by atoms with Gasteiger partial charge in [0.15, 0.2) is 5.82 Å². The van der Waals surface area contributed by atoms with Crippen molar-refractivity contribution < 1.29 is 23.4 Å². The first-order valence-electron chi connectivity index (χ1n) is 9.65. The number of halogens is 1. The summed E-state index contributed by atoms with van der Waals surface area (Å²) in [5, 5.41) is 0. The second-order valence-corrected chi connectivity index (χ2v) is 6.71. The lowest BCUT2D eigenvalue weighted by atomic mass is 10.0. The lowest BCUT2D eigenvalue weighted by molar-refractivity contribution is -0.133. The van der Waals surface area contributed by atoms with Crippen LogP contribution in [-0.4, -0.2) is 27.2 Å². The SMILES string of the molecule is CO/C=C(/C(=O)OC)c1ccccc1COc1ccc(N(C)c2ccccc2)c(F)c1. The van der Waals surface area contributed by atoms with Crippen LogP contribution in [-0.2, 0) is 20.9 Å². The molecule has 0 spiro atoms. The molecule has 3 aromatic carbocycles. The van der Waals surface area contributed by atoms with Gasteiger partial charge in [0.25, 0.3) is 0 Å². The van der Waals surface area contributed by atoms with Crippen molar-refractivity contribution in [2.75, 3.05) is 26.2 Å². The molecule has 0 amide bonds. The number of rotatable bonds is 8. The van der Waals surface area contributed by atoms with E-state index >= 15 is 0 Å². The van der Waals surface area contributed by atoms with Crippen LogP contribution in [0.25, 0.3) is 5.57 Å². The van der Waals surface area contributed by atoms with Crippen LogP contribution in [0.15, 0.2) is 79.1 Å². The minimum absolute atomic E-state index is 0.140. The predicted octanol–water partition coefficient (Wildman–Crippen LogP) is 5.33. The van der Waals surface area contributed by atoms with Gasteiger partial charge >= 0.3 is 5.97 Å². The quantitative estimate of drug-likeness (QED) is 0.279. The Morgan fingerprint density at radius 3 is 2.39 bits per heavy atom. The van der Waals surface area contributed by atoms with Crippen molar-refractivity contribution in [2.24, 2.45) is 0 Å². The summed E-state index contributed by atoms with van der Waals surface area (Å²) in [5.74, 6) is -0.534. The van der Waals surface area contributed by atoms with E-state index in [0.717, 1.165) is 11.3 Å². The molecule has 0 aliphatic heterocycles. The Kier molecular flexibility index (Phi) is 7.27. The molecular weight excluding hydrogens is 397 g/mol. The number of carbonyl (C=O) groups is 1. The Morgan fingerprint density at radius 2 is 1.71 bits per heavy atom. The maximum atomic E-state index is 14.8. The van der Waals surface area contributed by atoms with Crippen LogP contribution in [0.4, 0.5) is 15.8 Å². The second kappa shape index (κ2) is 10.3. The number of benzene rings is 3. The first-order valence-corrected chi connectivity index (χ1v) is 9.65. The zero-order chi connectivity index (χ0) is 22.2. The number of hydrogen-bond donors (Lipinski definition) is 0. The largest absolute Gasteiger partial charge is 0.503 e. The average Bonchev–Trinajstić information content (AvgIpc) is 2.81. The molecule has 0 atom stereocenters. The van der Waals surface area contributed by atoms with Crippen LogP contribution in [0.2, 0.25) is 0 Å². The number of hydrogen-bond acceptors (Lipinski definition) is 5. The van der Waals surface area contributed by atoms with Gasteiger partial charge in [-0.1, -0.05) is 42.5 Å². The highest BCUT2D eigenvalue weighted by atomic mass is 19.1. The lowest BCUT2D eigenvalue weighted by Crippen LogP contribution is -2.11. The maximum absolute atomic E-state index is 14.8. The predicted molar refractivity (Wildman–Crippen MR) is 119 cm³/mol. The van der Waals surface area contributed by atoms with Crippen LogP contribution < -0.4 is 9.64 Å². The molecule has 0 aliphatic rings. The molecule has 0 fully saturated rings. The molecule has 0 bridgehead atoms. The second-order valence-electron chi connectivity index (χ2n) is 6.71. The molecule has 0 aliphatic carbocycles. The van der Waals surface area contributed by atoms with Crippen molar-refractivity contribution in [2.45, 2.75) is 6.61 Å². The molecule has 0 N–H and O–H groups in total. The molecule has 0 unspecified atom stereocenters. The fraction of sp³-hybridized carbons (Fsp3) is 0.160. The fourth-order valence-electron chi connectivity index (χ4n) is 3.16. The van der Waals surface area contributed by atoms with Gasteiger partial charge in [0, 0.05) is 18.8 Å². The lowest BCUT2D eigenvalue weighted by Gasteiger charge is -2.20. The Balaban J connectivity index is 1.79. The first-order chi connectivity index (χ1) is 15.0. The molecule has 5 nitrogen and oxygen atoms in total. The van der Waals surface area contributed by atoms with E-state index in [9.17, 15) is 9.18 Å². The van der Waals surface area contributed by atoms with Crippen LogP contribution in [0, 0.1) is 5.82 Å². The van der Waals surface area contributed by atoms with Gasteiger partial charge in [-0.25, -0.2) is 9.18 Å². The summed E-state index contributed by atoms with van der Waals surface area (Å²) in [5.41, 5.74) is 2.95. The number of carbonyl (C=O) groups excluding carboxylic acids is 1. The average molecular weight is 421 g/mol. The van der Waals surface area contributed by atoms with Crippen molar-refractivity contribution >= 4 is 22.9 Å². The highest BCUT2D eigenvalue weighted by molar-refractivity contribution is 6.16. The van der Waals surface area contributed by atoms with Crippen LogP contribution >= 0.6 is 0 Å². The summed E-state index contributed by atoms with van der Waals surface area (Å²) in [6.07, 6.45) is 1.33. The van der Waals surface area contributed by atoms with Gasteiger partial charge in [-0.3, -0.25) is 0 Å². The third kappa shape index (κ3) is 5.22. The third-order valence-electron chi connectivity index (χ3n) is 4.77. The molecule has 6 heteroatoms. The molecule has 160 valence electrons. The van der Waals surface area contributed by atoms with E-state index in [0.29, 0.717) is 17.0 Å². The van der Waals surface area contributed by atoms with Gasteiger partial charge < -0.3 is 19.1 Å². The number of nitrogens with zero attached hydrogens (tertiary/aromatic N) is 1. The summed E-state index contributed by atoms with van der Waals surface area (Å²) < 4.78 is 30.5. The van der Waals surface area contributed by atoms with Crippen LogP contribution in [0.3, 0.4) is 0 Å². The summed E-state index contributed by atoms with van der Waals surface area (Å²) in [4.78, 5) is 13.9. The normalized spacial score (nSPS) is 11.0. The molecule has 0 saturated carbocycles. The van der Waals surface area contributed by atoms with Gasteiger partial charge in [0.2, 0.25) is 0 Å². The molecule has 3 aromatic rings. The standard InChI is InChI=1S/C25H24FNO4/c1-27(19-10-5-4-6-11-19)24-14-13-20(15-23(24)26)31-16-18-9-7-8-12-21(18)22(17-29-2)25(28)30-3/h4-15,17H,16H2,1-3H3/b22-17+. The number of anilines is 2. The number of methoxy groups -OCH3 is 2. The Morgan fingerprint density at radius 1 is 1.00 bits per heavy atom. The molecule has 3 rings (SSSR count). The zero-order valence-electron chi connectivity index (χ0n) is 17.7. The highest BCUT2D eigenvalue weighted by Gasteiger charge is 2.17. The highest BCUT2D eigenvalue weighted by Crippen LogP contribution is 2.29. The number of esters is 1. The Bertz CT molecular complexity index is 1070. The van der Waals surface area contributed by atoms with Crippen molar-refractivity contribution in [3.63, 3.8) is 0 Å². The van der Waals surface area contributed by atoms with Crippen molar-refractivity contribution in [1.82, 2.24) is 0 Å². The smallest absolute Gasteiger partial charge is 0.341 e. The van der Waals surface area contributed by atoms with Crippen LogP contribution in [0.5, 0.6) is 5.75 Å². The zero-order valence-corrected chi connectivity index (χ0v) is 17.7. The topological polar surface area (TPSA) is 48.0 Å². The van der Waals surface area contributed by atoms with E-state index in [4.69, 9.17) is 14.2 Å². The minimum atomic E-state index is -0.520. The van der Waals surface area contributed by atoms with Crippen molar-refractivity contribution in [3.8, 4) is 5.75 Å². The summed E-state index contributed by atoms with van der Waals surface area (Å²) >= 11 is 0. The van der Waals surface area contributed by atoms with Gasteiger partial charge in [0.1, 0.15) is 17.9 Å². The summed E-state index contributed by atoms with van der Waals surface area (Å²) in [6, 6.07) is 21.5. The van der Waals surface area contributed by atoms with E-state index in [1.807, 2.05) is 42.5 Å². The Hall–Kier alpha value is -3.80. The van der Waals surface area contributed by atoms with Crippen molar-refractivity contribution in [1.29, 1.82) is 0 Å². The van der Waals surface area contributed by atoms with Gasteiger partial charge in [0.05, 0.1) is 26.2 Å². The molecule has 31 heavy (non-hydrogen) atoms. The van der Waals surface area contributed by atoms with E-state index < -0.39 is 11.8 Å². The van der Waals surface area contributed by atoms with E-state index in [-0.39, 0.29) is 12.2 Å². The van der Waals surface area contributed by atoms with Crippen molar-refractivity contribution in [3.05, 3.63) is 96.0 Å². The number of ether oxygens (including phenoxy) is 3. The third-order valence-corrected chi connectivity index (χ3v) is 4.77. The Labute approximate surface area is 181 Å². The van der Waals surface area contributed by atoms with Gasteiger partial charge in [-0.05, 0) is 35.4 Å². The molecule has 0 radical (unpaired) electrons. The van der Waals surface area contributed by atoms with E-state index in [1.54, 1.807) is 36.2 Å².